The summed E-state index contributed by atoms with van der Waals surface area (Å²) in [6.45, 7) is 1.41. The molecule has 1 aromatic carbocycles. The van der Waals surface area contributed by atoms with Crippen molar-refractivity contribution < 1.29 is 4.79 Å². The number of thioether (sulfide) groups is 1. The van der Waals surface area contributed by atoms with Crippen LogP contribution >= 0.6 is 34.9 Å². The van der Waals surface area contributed by atoms with E-state index < -0.39 is 0 Å². The van der Waals surface area contributed by atoms with Crippen LogP contribution in [0.25, 0.3) is 5.69 Å². The number of benzene rings is 1. The standard InChI is InChI=1S/C12H10ClNO2S2/c1-7(15)10-11(16)14(18-12(10)17-2)9-5-3-8(13)4-6-9/h3-6H,1-2H3. The normalized spacial score (nSPS) is 10.6. The molecule has 3 nitrogen and oxygen atoms in total. The van der Waals surface area contributed by atoms with Crippen LogP contribution in [0.2, 0.25) is 5.02 Å². The van der Waals surface area contributed by atoms with Crippen LogP contribution in [0.5, 0.6) is 0 Å². The van der Waals surface area contributed by atoms with Crippen LogP contribution < -0.4 is 5.56 Å². The van der Waals surface area contributed by atoms with Crippen molar-refractivity contribution in [3.05, 3.63) is 45.2 Å². The van der Waals surface area contributed by atoms with Gasteiger partial charge in [0.1, 0.15) is 5.56 Å². The van der Waals surface area contributed by atoms with Gasteiger partial charge in [0.15, 0.2) is 5.78 Å². The lowest BCUT2D eigenvalue weighted by Crippen LogP contribution is -2.17. The van der Waals surface area contributed by atoms with Crippen LogP contribution in [-0.2, 0) is 0 Å². The summed E-state index contributed by atoms with van der Waals surface area (Å²) in [5.74, 6) is -0.201. The molecular formula is C12H10ClNO2S2. The molecule has 0 bridgehead atoms. The number of aromatic nitrogens is 1. The molecule has 18 heavy (non-hydrogen) atoms. The molecule has 0 saturated heterocycles. The first-order valence-electron chi connectivity index (χ1n) is 5.11. The molecule has 0 unspecified atom stereocenters. The summed E-state index contributed by atoms with van der Waals surface area (Å²) in [5, 5.41) is 0.611. The van der Waals surface area contributed by atoms with Gasteiger partial charge < -0.3 is 0 Å². The SMILES string of the molecule is CSc1sn(-c2ccc(Cl)cc2)c(=O)c1C(C)=O. The molecule has 6 heteroatoms. The number of halogens is 1. The lowest BCUT2D eigenvalue weighted by atomic mass is 10.2. The fourth-order valence-electron chi connectivity index (χ4n) is 1.54. The summed E-state index contributed by atoms with van der Waals surface area (Å²) in [4.78, 5) is 23.7. The largest absolute Gasteiger partial charge is 0.294 e. The third-order valence-electron chi connectivity index (χ3n) is 2.38. The molecule has 1 heterocycles. The number of Topliss-reactive ketones (excluding diaryl/α,β-unsaturated/α-hetero) is 1. The lowest BCUT2D eigenvalue weighted by molar-refractivity contribution is 0.101. The van der Waals surface area contributed by atoms with E-state index in [1.165, 1.54) is 34.2 Å². The monoisotopic (exact) mass is 299 g/mol. The maximum absolute atomic E-state index is 12.2. The molecule has 0 aliphatic heterocycles. The second-order valence-electron chi connectivity index (χ2n) is 3.59. The zero-order valence-corrected chi connectivity index (χ0v) is 12.2. The Bertz CT molecular complexity index is 643. The molecule has 0 atom stereocenters. The summed E-state index contributed by atoms with van der Waals surface area (Å²) >= 11 is 8.49. The van der Waals surface area contributed by atoms with Crippen molar-refractivity contribution >= 4 is 40.7 Å². The molecule has 1 aromatic heterocycles. The highest BCUT2D eigenvalue weighted by Gasteiger charge is 2.18. The number of carbonyl (C=O) groups excluding carboxylic acids is 1. The fourth-order valence-corrected chi connectivity index (χ4v) is 3.51. The number of rotatable bonds is 3. The third-order valence-corrected chi connectivity index (χ3v) is 4.85. The van der Waals surface area contributed by atoms with Gasteiger partial charge in [0.05, 0.1) is 9.90 Å². The molecule has 0 spiro atoms. The molecule has 94 valence electrons. The Labute approximate surface area is 118 Å². The summed E-state index contributed by atoms with van der Waals surface area (Å²) in [6.07, 6.45) is 1.85. The maximum atomic E-state index is 12.2. The molecule has 0 radical (unpaired) electrons. The van der Waals surface area contributed by atoms with Gasteiger partial charge >= 0.3 is 0 Å². The molecular weight excluding hydrogens is 290 g/mol. The minimum atomic E-state index is -0.265. The Morgan fingerprint density at radius 2 is 1.94 bits per heavy atom. The van der Waals surface area contributed by atoms with Crippen molar-refractivity contribution in [2.75, 3.05) is 6.26 Å². The van der Waals surface area contributed by atoms with Crippen molar-refractivity contribution in [2.45, 2.75) is 11.1 Å². The van der Waals surface area contributed by atoms with Gasteiger partial charge in [-0.2, -0.15) is 0 Å². The van der Waals surface area contributed by atoms with E-state index in [1.54, 1.807) is 24.3 Å². The van der Waals surface area contributed by atoms with Gasteiger partial charge in [-0.25, -0.2) is 3.96 Å². The molecule has 0 amide bonds. The summed E-state index contributed by atoms with van der Waals surface area (Å²) in [7, 11) is 0. The Kier molecular flexibility index (Phi) is 3.94. The fraction of sp³-hybridized carbons (Fsp3) is 0.167. The summed E-state index contributed by atoms with van der Waals surface area (Å²) < 4.78 is 2.25. The number of ketones is 1. The number of carbonyl (C=O) groups is 1. The lowest BCUT2D eigenvalue weighted by Gasteiger charge is -1.99. The van der Waals surface area contributed by atoms with Crippen LogP contribution in [0.15, 0.2) is 33.3 Å². The first-order valence-corrected chi connectivity index (χ1v) is 7.49. The molecule has 0 saturated carbocycles. The van der Waals surface area contributed by atoms with Gasteiger partial charge in [-0.3, -0.25) is 9.59 Å². The average molecular weight is 300 g/mol. The zero-order chi connectivity index (χ0) is 13.3. The van der Waals surface area contributed by atoms with Crippen molar-refractivity contribution in [3.8, 4) is 5.69 Å². The Hall–Kier alpha value is -1.04. The highest BCUT2D eigenvalue weighted by molar-refractivity contribution is 8.00. The van der Waals surface area contributed by atoms with Crippen LogP contribution in [0.4, 0.5) is 0 Å². The van der Waals surface area contributed by atoms with Gasteiger partial charge in [0.25, 0.3) is 5.56 Å². The smallest absolute Gasteiger partial charge is 0.277 e. The van der Waals surface area contributed by atoms with E-state index in [1.807, 2.05) is 6.26 Å². The predicted octanol–water partition coefficient (Wildman–Crippen LogP) is 3.48. The van der Waals surface area contributed by atoms with Gasteiger partial charge in [-0.05, 0) is 49.0 Å². The topological polar surface area (TPSA) is 39.1 Å². The molecule has 0 fully saturated rings. The van der Waals surface area contributed by atoms with Gasteiger partial charge in [0, 0.05) is 5.02 Å². The van der Waals surface area contributed by atoms with Crippen LogP contribution in [0.1, 0.15) is 17.3 Å². The van der Waals surface area contributed by atoms with Crippen molar-refractivity contribution in [1.82, 2.24) is 3.96 Å². The minimum absolute atomic E-state index is 0.201. The number of hydrogen-bond donors (Lipinski definition) is 0. The molecule has 2 aromatic rings. The highest BCUT2D eigenvalue weighted by Crippen LogP contribution is 2.26. The van der Waals surface area contributed by atoms with E-state index >= 15 is 0 Å². The minimum Gasteiger partial charge on any atom is -0.294 e. The summed E-state index contributed by atoms with van der Waals surface area (Å²) in [6, 6.07) is 6.95. The van der Waals surface area contributed by atoms with E-state index in [0.29, 0.717) is 5.02 Å². The Morgan fingerprint density at radius 1 is 1.33 bits per heavy atom. The van der Waals surface area contributed by atoms with E-state index in [9.17, 15) is 9.59 Å². The van der Waals surface area contributed by atoms with E-state index in [2.05, 4.69) is 0 Å². The van der Waals surface area contributed by atoms with E-state index in [0.717, 1.165) is 9.90 Å². The zero-order valence-electron chi connectivity index (χ0n) is 9.77. The van der Waals surface area contributed by atoms with Crippen LogP contribution in [-0.4, -0.2) is 16.0 Å². The summed E-state index contributed by atoms with van der Waals surface area (Å²) in [5.41, 5.74) is 0.721. The number of hydrogen-bond acceptors (Lipinski definition) is 4. The van der Waals surface area contributed by atoms with Crippen molar-refractivity contribution in [3.63, 3.8) is 0 Å². The molecule has 0 N–H and O–H groups in total. The predicted molar refractivity (Wildman–Crippen MR) is 76.7 cm³/mol. The van der Waals surface area contributed by atoms with Crippen LogP contribution in [0.3, 0.4) is 0 Å². The van der Waals surface area contributed by atoms with E-state index in [4.69, 9.17) is 11.6 Å². The molecule has 2 rings (SSSR count). The van der Waals surface area contributed by atoms with Gasteiger partial charge in [-0.15, -0.1) is 11.8 Å². The highest BCUT2D eigenvalue weighted by atomic mass is 35.5. The second kappa shape index (κ2) is 5.30. The molecule has 0 aliphatic carbocycles. The average Bonchev–Trinajstić information content (AvgIpc) is 2.67. The quantitative estimate of drug-likeness (QED) is 0.643. The van der Waals surface area contributed by atoms with Crippen LogP contribution in [0, 0.1) is 0 Å². The number of nitrogens with zero attached hydrogens (tertiary/aromatic N) is 1. The Balaban J connectivity index is 2.63. The van der Waals surface area contributed by atoms with Gasteiger partial charge in [0.2, 0.25) is 0 Å². The first kappa shape index (κ1) is 13.4. The van der Waals surface area contributed by atoms with Crippen molar-refractivity contribution in [1.29, 1.82) is 0 Å². The van der Waals surface area contributed by atoms with Gasteiger partial charge in [-0.1, -0.05) is 11.6 Å². The van der Waals surface area contributed by atoms with E-state index in [-0.39, 0.29) is 16.9 Å². The maximum Gasteiger partial charge on any atom is 0.277 e. The second-order valence-corrected chi connectivity index (χ2v) is 6.06. The molecule has 0 aliphatic rings. The Morgan fingerprint density at radius 3 is 2.39 bits per heavy atom. The van der Waals surface area contributed by atoms with Crippen molar-refractivity contribution in [2.24, 2.45) is 0 Å². The third kappa shape index (κ3) is 2.39. The first-order chi connectivity index (χ1) is 8.54.